The molecule has 1 N–H and O–H groups in total. The lowest BCUT2D eigenvalue weighted by Gasteiger charge is -2.26. The highest BCUT2D eigenvalue weighted by atomic mass is 19.1. The van der Waals surface area contributed by atoms with Crippen LogP contribution in [0.2, 0.25) is 0 Å². The van der Waals surface area contributed by atoms with Crippen LogP contribution in [0, 0.1) is 5.82 Å². The number of hydrogen-bond acceptors (Lipinski definition) is 3. The molecular weight excluding hydrogens is 465 g/mol. The zero-order valence-corrected chi connectivity index (χ0v) is 21.1. The molecule has 1 aliphatic rings. The molecule has 0 spiro atoms. The van der Waals surface area contributed by atoms with Crippen LogP contribution in [0.5, 0.6) is 0 Å². The molecular formula is C31H34FN3O2. The zero-order chi connectivity index (χ0) is 25.5. The minimum absolute atomic E-state index is 0.0104. The van der Waals surface area contributed by atoms with Crippen LogP contribution in [-0.2, 0) is 16.1 Å². The van der Waals surface area contributed by atoms with Gasteiger partial charge in [-0.3, -0.25) is 9.69 Å². The van der Waals surface area contributed by atoms with E-state index in [9.17, 15) is 9.18 Å². The third-order valence-electron chi connectivity index (χ3n) is 7.13. The first-order valence-electron chi connectivity index (χ1n) is 13.1. The van der Waals surface area contributed by atoms with Crippen molar-refractivity contribution in [3.8, 4) is 0 Å². The lowest BCUT2D eigenvalue weighted by Crippen LogP contribution is -2.38. The average Bonchev–Trinajstić information content (AvgIpc) is 3.29. The molecule has 0 aliphatic carbocycles. The van der Waals surface area contributed by atoms with Gasteiger partial charge in [-0.15, -0.1) is 0 Å². The number of hydrogen-bond donors (Lipinski definition) is 1. The Morgan fingerprint density at radius 1 is 0.946 bits per heavy atom. The van der Waals surface area contributed by atoms with Crippen LogP contribution in [-0.4, -0.2) is 54.8 Å². The predicted octanol–water partition coefficient (Wildman–Crippen LogP) is 5.19. The number of carbonyl (C=O) groups is 1. The smallest absolute Gasteiger partial charge is 0.220 e. The Morgan fingerprint density at radius 3 is 2.46 bits per heavy atom. The molecule has 0 unspecified atom stereocenters. The summed E-state index contributed by atoms with van der Waals surface area (Å²) < 4.78 is 21.4. The summed E-state index contributed by atoms with van der Waals surface area (Å²) in [6, 6.07) is 25.2. The Bertz CT molecular complexity index is 1300. The maximum atomic E-state index is 13.8. The summed E-state index contributed by atoms with van der Waals surface area (Å²) in [6.45, 7) is 5.81. The fourth-order valence-corrected chi connectivity index (χ4v) is 5.18. The van der Waals surface area contributed by atoms with Gasteiger partial charge in [0.15, 0.2) is 0 Å². The molecule has 1 saturated heterocycles. The molecule has 1 amide bonds. The average molecular weight is 500 g/mol. The number of fused-ring (bicyclic) bond motifs is 1. The number of nitrogens with zero attached hydrogens (tertiary/aromatic N) is 2. The predicted molar refractivity (Wildman–Crippen MR) is 145 cm³/mol. The highest BCUT2D eigenvalue weighted by Gasteiger charge is 2.23. The molecule has 0 bridgehead atoms. The number of amides is 1. The van der Waals surface area contributed by atoms with Gasteiger partial charge in [0.05, 0.1) is 13.2 Å². The van der Waals surface area contributed by atoms with Gasteiger partial charge in [0.1, 0.15) is 5.82 Å². The number of aromatic nitrogens is 1. The van der Waals surface area contributed by atoms with Crippen molar-refractivity contribution in [2.24, 2.45) is 0 Å². The largest absolute Gasteiger partial charge is 0.379 e. The first kappa shape index (κ1) is 25.2. The van der Waals surface area contributed by atoms with E-state index in [1.54, 1.807) is 12.1 Å². The third-order valence-corrected chi connectivity index (χ3v) is 7.13. The van der Waals surface area contributed by atoms with Crippen molar-refractivity contribution in [3.63, 3.8) is 0 Å². The first-order chi connectivity index (χ1) is 18.2. The van der Waals surface area contributed by atoms with E-state index in [1.165, 1.54) is 17.7 Å². The number of carbonyl (C=O) groups excluding carboxylic acids is 1. The molecule has 0 radical (unpaired) electrons. The minimum atomic E-state index is -0.276. The number of nitrogens with one attached hydrogen (secondary N) is 1. The van der Waals surface area contributed by atoms with E-state index in [0.29, 0.717) is 13.0 Å². The van der Waals surface area contributed by atoms with Crippen LogP contribution in [0.4, 0.5) is 4.39 Å². The Labute approximate surface area is 217 Å². The van der Waals surface area contributed by atoms with Crippen molar-refractivity contribution in [1.29, 1.82) is 0 Å². The summed E-state index contributed by atoms with van der Waals surface area (Å²) in [4.78, 5) is 15.5. The maximum absolute atomic E-state index is 13.8. The molecule has 1 fully saturated rings. The molecule has 1 aliphatic heterocycles. The molecule has 0 saturated carbocycles. The van der Waals surface area contributed by atoms with Gasteiger partial charge in [-0.2, -0.15) is 0 Å². The number of ether oxygens (including phenoxy) is 1. The van der Waals surface area contributed by atoms with Crippen molar-refractivity contribution < 1.29 is 13.9 Å². The molecule has 5 nitrogen and oxygen atoms in total. The lowest BCUT2D eigenvalue weighted by molar-refractivity contribution is -0.121. The number of para-hydroxylation sites is 1. The first-order valence-corrected chi connectivity index (χ1v) is 13.1. The monoisotopic (exact) mass is 499 g/mol. The second-order valence-electron chi connectivity index (χ2n) is 9.68. The van der Waals surface area contributed by atoms with Gasteiger partial charge in [-0.05, 0) is 47.9 Å². The number of benzene rings is 3. The van der Waals surface area contributed by atoms with Crippen LogP contribution >= 0.6 is 0 Å². The molecule has 192 valence electrons. The van der Waals surface area contributed by atoms with Crippen LogP contribution in [0.1, 0.15) is 35.4 Å². The summed E-state index contributed by atoms with van der Waals surface area (Å²) in [5.41, 5.74) is 4.36. The van der Waals surface area contributed by atoms with E-state index in [1.807, 2.05) is 30.3 Å². The van der Waals surface area contributed by atoms with Crippen LogP contribution in [0.3, 0.4) is 0 Å². The SMILES string of the molecule is O=C(C[C@H](c1ccc(F)cc1)c1cn(Cc2ccccc2)c2ccccc12)NCCCN1CCOCC1. The van der Waals surface area contributed by atoms with E-state index in [-0.39, 0.29) is 17.6 Å². The Hall–Kier alpha value is -3.48. The molecule has 3 aromatic carbocycles. The van der Waals surface area contributed by atoms with Crippen LogP contribution < -0.4 is 5.32 Å². The molecule has 1 aromatic heterocycles. The molecule has 1 atom stereocenters. The van der Waals surface area contributed by atoms with Crippen molar-refractivity contribution in [3.05, 3.63) is 108 Å². The van der Waals surface area contributed by atoms with E-state index < -0.39 is 0 Å². The molecule has 2 heterocycles. The molecule has 6 heteroatoms. The summed E-state index contributed by atoms with van der Waals surface area (Å²) in [5.74, 6) is -0.445. The summed E-state index contributed by atoms with van der Waals surface area (Å²) in [5, 5.41) is 4.24. The van der Waals surface area contributed by atoms with E-state index in [2.05, 4.69) is 45.2 Å². The zero-order valence-electron chi connectivity index (χ0n) is 21.1. The van der Waals surface area contributed by atoms with Gasteiger partial charge in [0.25, 0.3) is 0 Å². The van der Waals surface area contributed by atoms with Gasteiger partial charge < -0.3 is 14.6 Å². The van der Waals surface area contributed by atoms with Gasteiger partial charge in [-0.1, -0.05) is 60.7 Å². The van der Waals surface area contributed by atoms with Crippen molar-refractivity contribution in [2.75, 3.05) is 39.4 Å². The topological polar surface area (TPSA) is 46.5 Å². The minimum Gasteiger partial charge on any atom is -0.379 e. The Balaban J connectivity index is 1.36. The van der Waals surface area contributed by atoms with E-state index in [0.717, 1.165) is 67.8 Å². The molecule has 5 rings (SSSR count). The quantitative estimate of drug-likeness (QED) is 0.306. The third kappa shape index (κ3) is 6.45. The van der Waals surface area contributed by atoms with E-state index in [4.69, 9.17) is 4.74 Å². The van der Waals surface area contributed by atoms with E-state index >= 15 is 0 Å². The lowest BCUT2D eigenvalue weighted by atomic mass is 9.88. The second kappa shape index (κ2) is 12.2. The highest BCUT2D eigenvalue weighted by Crippen LogP contribution is 2.35. The Morgan fingerprint density at radius 2 is 1.68 bits per heavy atom. The molecule has 37 heavy (non-hydrogen) atoms. The number of rotatable bonds is 10. The van der Waals surface area contributed by atoms with Crippen LogP contribution in [0.15, 0.2) is 85.1 Å². The summed E-state index contributed by atoms with van der Waals surface area (Å²) in [6.07, 6.45) is 3.38. The summed E-state index contributed by atoms with van der Waals surface area (Å²) >= 11 is 0. The fourth-order valence-electron chi connectivity index (χ4n) is 5.18. The van der Waals surface area contributed by atoms with Gasteiger partial charge >= 0.3 is 0 Å². The standard InChI is InChI=1S/C31H34FN3O2/c32-26-13-11-25(12-14-26)28(21-31(36)33-15-6-16-34-17-19-37-20-18-34)29-23-35(22-24-7-2-1-3-8-24)30-10-5-4-9-27(29)30/h1-5,7-14,23,28H,6,15-22H2,(H,33,36)/t28-/m1/s1. The van der Waals surface area contributed by atoms with Crippen molar-refractivity contribution in [2.45, 2.75) is 25.3 Å². The highest BCUT2D eigenvalue weighted by molar-refractivity contribution is 5.86. The van der Waals surface area contributed by atoms with Crippen molar-refractivity contribution in [1.82, 2.24) is 14.8 Å². The normalized spacial score (nSPS) is 15.1. The number of halogens is 1. The summed E-state index contributed by atoms with van der Waals surface area (Å²) in [7, 11) is 0. The van der Waals surface area contributed by atoms with Crippen molar-refractivity contribution >= 4 is 16.8 Å². The number of morpholine rings is 1. The second-order valence-corrected chi connectivity index (χ2v) is 9.68. The molecule has 4 aromatic rings. The van der Waals surface area contributed by atoms with Gasteiger partial charge in [-0.25, -0.2) is 4.39 Å². The fraction of sp³-hybridized carbons (Fsp3) is 0.323. The Kier molecular flexibility index (Phi) is 8.28. The maximum Gasteiger partial charge on any atom is 0.220 e. The van der Waals surface area contributed by atoms with Gasteiger partial charge in [0.2, 0.25) is 5.91 Å². The van der Waals surface area contributed by atoms with Crippen LogP contribution in [0.25, 0.3) is 10.9 Å². The van der Waals surface area contributed by atoms with Gasteiger partial charge in [0, 0.05) is 55.6 Å².